The van der Waals surface area contributed by atoms with E-state index >= 15 is 0 Å². The van der Waals surface area contributed by atoms with Crippen LogP contribution in [-0.2, 0) is 0 Å². The van der Waals surface area contributed by atoms with E-state index in [1.165, 1.54) is 19.2 Å². The van der Waals surface area contributed by atoms with E-state index in [1.807, 2.05) is 12.1 Å². The molecule has 0 unspecified atom stereocenters. The molecule has 1 aliphatic carbocycles. The number of hydrogen-bond donors (Lipinski definition) is 1. The Morgan fingerprint density at radius 3 is 2.35 bits per heavy atom. The van der Waals surface area contributed by atoms with Crippen LogP contribution in [0.25, 0.3) is 0 Å². The predicted octanol–water partition coefficient (Wildman–Crippen LogP) is 5.76. The second kappa shape index (κ2) is 10.5. The Morgan fingerprint density at radius 2 is 1.73 bits per heavy atom. The zero-order valence-electron chi connectivity index (χ0n) is 20.8. The van der Waals surface area contributed by atoms with Gasteiger partial charge in [-0.15, -0.1) is 0 Å². The van der Waals surface area contributed by atoms with Gasteiger partial charge in [0.1, 0.15) is 22.3 Å². The van der Waals surface area contributed by atoms with Gasteiger partial charge in [-0.3, -0.25) is 9.59 Å². The van der Waals surface area contributed by atoms with E-state index in [-0.39, 0.29) is 40.0 Å². The lowest BCUT2D eigenvalue weighted by atomic mass is 9.89. The molecule has 2 fully saturated rings. The van der Waals surface area contributed by atoms with E-state index in [0.717, 1.165) is 31.2 Å². The highest BCUT2D eigenvalue weighted by atomic mass is 35.5. The number of piperidine rings is 1. The molecular formula is C28H29ClFN3O4. The summed E-state index contributed by atoms with van der Waals surface area (Å²) in [6.07, 6.45) is 4.92. The summed E-state index contributed by atoms with van der Waals surface area (Å²) in [5.41, 5.74) is 1.85. The van der Waals surface area contributed by atoms with Gasteiger partial charge in [-0.1, -0.05) is 23.7 Å². The number of benzene rings is 2. The minimum atomic E-state index is -0.333. The van der Waals surface area contributed by atoms with Crippen LogP contribution in [0.1, 0.15) is 53.6 Å². The van der Waals surface area contributed by atoms with Crippen molar-refractivity contribution in [3.05, 3.63) is 81.0 Å². The molecule has 1 aliphatic heterocycles. The zero-order chi connectivity index (χ0) is 26.1. The van der Waals surface area contributed by atoms with Gasteiger partial charge in [0.2, 0.25) is 0 Å². The normalized spacial score (nSPS) is 15.9. The lowest BCUT2D eigenvalue weighted by molar-refractivity contribution is 0.0713. The van der Waals surface area contributed by atoms with Crippen LogP contribution >= 0.6 is 11.6 Å². The number of anilines is 2. The zero-order valence-corrected chi connectivity index (χ0v) is 21.6. The lowest BCUT2D eigenvalue weighted by Crippen LogP contribution is -2.39. The first-order valence-electron chi connectivity index (χ1n) is 12.4. The molecular weight excluding hydrogens is 497 g/mol. The van der Waals surface area contributed by atoms with Crippen LogP contribution in [0.5, 0.6) is 11.5 Å². The van der Waals surface area contributed by atoms with E-state index in [9.17, 15) is 14.0 Å². The number of ether oxygens (including phenoxy) is 2. The van der Waals surface area contributed by atoms with Gasteiger partial charge in [0.15, 0.2) is 0 Å². The molecule has 3 aromatic rings. The molecule has 1 amide bonds. The van der Waals surface area contributed by atoms with Crippen molar-refractivity contribution in [1.29, 1.82) is 0 Å². The largest absolute Gasteiger partial charge is 0.497 e. The topological polar surface area (TPSA) is 72.8 Å². The highest BCUT2D eigenvalue weighted by Crippen LogP contribution is 2.39. The molecule has 2 aliphatic rings. The van der Waals surface area contributed by atoms with Crippen molar-refractivity contribution < 1.29 is 18.7 Å². The Morgan fingerprint density at radius 1 is 1.03 bits per heavy atom. The minimum absolute atomic E-state index is 0.0381. The van der Waals surface area contributed by atoms with Gasteiger partial charge in [-0.2, -0.15) is 0 Å². The monoisotopic (exact) mass is 525 g/mol. The van der Waals surface area contributed by atoms with Gasteiger partial charge < -0.3 is 24.3 Å². The first-order valence-corrected chi connectivity index (χ1v) is 12.8. The first-order chi connectivity index (χ1) is 17.9. The van der Waals surface area contributed by atoms with Crippen molar-refractivity contribution in [1.82, 2.24) is 9.47 Å². The lowest BCUT2D eigenvalue weighted by Gasteiger charge is -2.33. The van der Waals surface area contributed by atoms with Crippen molar-refractivity contribution in [3.63, 3.8) is 0 Å². The third-order valence-corrected chi connectivity index (χ3v) is 7.49. The SMILES string of the molecule is COc1ccc(OC)c(Nc2c(C(=O)N3CCC(c4ccc(F)cc4)CC3)cn(C3CC3)c(=O)c2Cl)c1. The van der Waals surface area contributed by atoms with Gasteiger partial charge in [0.25, 0.3) is 11.5 Å². The van der Waals surface area contributed by atoms with Crippen LogP contribution in [0.2, 0.25) is 5.02 Å². The second-order valence-electron chi connectivity index (χ2n) is 9.48. The second-order valence-corrected chi connectivity index (χ2v) is 9.86. The van der Waals surface area contributed by atoms with E-state index in [4.69, 9.17) is 21.1 Å². The Balaban J connectivity index is 1.46. The average molecular weight is 526 g/mol. The molecule has 5 rings (SSSR count). The number of carbonyl (C=O) groups excluding carboxylic acids is 1. The maximum Gasteiger partial charge on any atom is 0.271 e. The van der Waals surface area contributed by atoms with E-state index in [1.54, 1.807) is 41.0 Å². The number of rotatable bonds is 7. The van der Waals surface area contributed by atoms with Gasteiger partial charge in [0, 0.05) is 31.4 Å². The summed E-state index contributed by atoms with van der Waals surface area (Å²) in [7, 11) is 3.09. The molecule has 0 radical (unpaired) electrons. The van der Waals surface area contributed by atoms with E-state index < -0.39 is 0 Å². The van der Waals surface area contributed by atoms with E-state index in [2.05, 4.69) is 5.32 Å². The third-order valence-electron chi connectivity index (χ3n) is 7.14. The molecule has 0 bridgehead atoms. The molecule has 0 spiro atoms. The quantitative estimate of drug-likeness (QED) is 0.425. The summed E-state index contributed by atoms with van der Waals surface area (Å²) in [5, 5.41) is 3.15. The van der Waals surface area contributed by atoms with Crippen LogP contribution in [0, 0.1) is 5.82 Å². The predicted molar refractivity (Wildman–Crippen MR) is 141 cm³/mol. The van der Waals surface area contributed by atoms with Gasteiger partial charge in [0.05, 0.1) is 31.2 Å². The molecule has 2 aromatic carbocycles. The molecule has 1 saturated carbocycles. The standard InChI is InChI=1S/C28H29ClFN3O4/c1-36-21-9-10-24(37-2)23(15-21)31-26-22(16-33(20-7-8-20)28(35)25(26)29)27(34)32-13-11-18(12-14-32)17-3-5-19(30)6-4-17/h3-6,9-10,15-16,18,20,31H,7-8,11-14H2,1-2H3. The summed E-state index contributed by atoms with van der Waals surface area (Å²) in [4.78, 5) is 28.7. The number of nitrogens with one attached hydrogen (secondary N) is 1. The fourth-order valence-electron chi connectivity index (χ4n) is 4.88. The van der Waals surface area contributed by atoms with Gasteiger partial charge in [-0.25, -0.2) is 4.39 Å². The Kier molecular flexibility index (Phi) is 7.11. The molecule has 0 atom stereocenters. The number of carbonyl (C=O) groups is 1. The third kappa shape index (κ3) is 5.16. The van der Waals surface area contributed by atoms with Crippen molar-refractivity contribution in [2.24, 2.45) is 0 Å². The molecule has 1 aromatic heterocycles. The Hall–Kier alpha value is -3.52. The Bertz CT molecular complexity index is 1360. The molecule has 37 heavy (non-hydrogen) atoms. The summed E-state index contributed by atoms with van der Waals surface area (Å²) in [6, 6.07) is 11.8. The van der Waals surface area contributed by atoms with Crippen molar-refractivity contribution in [2.45, 2.75) is 37.6 Å². The molecule has 194 valence electrons. The minimum Gasteiger partial charge on any atom is -0.497 e. The fourth-order valence-corrected chi connectivity index (χ4v) is 5.12. The number of pyridine rings is 1. The summed E-state index contributed by atoms with van der Waals surface area (Å²) in [6.45, 7) is 1.09. The highest BCUT2D eigenvalue weighted by Gasteiger charge is 2.32. The number of halogens is 2. The molecule has 7 nitrogen and oxygen atoms in total. The number of nitrogens with zero attached hydrogens (tertiary/aromatic N) is 2. The van der Waals surface area contributed by atoms with Crippen LogP contribution in [-0.4, -0.2) is 42.7 Å². The molecule has 1 N–H and O–H groups in total. The maximum atomic E-state index is 13.8. The summed E-state index contributed by atoms with van der Waals surface area (Å²) < 4.78 is 25.7. The molecule has 1 saturated heterocycles. The maximum absolute atomic E-state index is 13.8. The van der Waals surface area contributed by atoms with Crippen LogP contribution in [0.3, 0.4) is 0 Å². The number of amides is 1. The van der Waals surface area contributed by atoms with Crippen molar-refractivity contribution in [2.75, 3.05) is 32.6 Å². The fraction of sp³-hybridized carbons (Fsp3) is 0.357. The number of methoxy groups -OCH3 is 2. The highest BCUT2D eigenvalue weighted by molar-refractivity contribution is 6.34. The van der Waals surface area contributed by atoms with Crippen molar-refractivity contribution in [3.8, 4) is 11.5 Å². The van der Waals surface area contributed by atoms with Crippen LogP contribution < -0.4 is 20.3 Å². The van der Waals surface area contributed by atoms with Crippen LogP contribution in [0.15, 0.2) is 53.5 Å². The molecule has 9 heteroatoms. The number of hydrogen-bond acceptors (Lipinski definition) is 5. The average Bonchev–Trinajstić information content (AvgIpc) is 3.77. The first kappa shape index (κ1) is 25.1. The number of likely N-dealkylation sites (tertiary alicyclic amines) is 1. The van der Waals surface area contributed by atoms with Crippen LogP contribution in [0.4, 0.5) is 15.8 Å². The van der Waals surface area contributed by atoms with Gasteiger partial charge in [-0.05, 0) is 61.4 Å². The van der Waals surface area contributed by atoms with Gasteiger partial charge >= 0.3 is 0 Å². The number of aromatic nitrogens is 1. The Labute approximate surface area is 219 Å². The summed E-state index contributed by atoms with van der Waals surface area (Å²) in [5.74, 6) is 0.903. The smallest absolute Gasteiger partial charge is 0.271 e. The van der Waals surface area contributed by atoms with Crippen molar-refractivity contribution >= 4 is 28.9 Å². The molecule has 2 heterocycles. The van der Waals surface area contributed by atoms with E-state index in [0.29, 0.717) is 35.8 Å². The summed E-state index contributed by atoms with van der Waals surface area (Å²) >= 11 is 6.62.